The van der Waals surface area contributed by atoms with E-state index in [1.807, 2.05) is 19.4 Å². The molecule has 7 heteroatoms. The van der Waals surface area contributed by atoms with Crippen LogP contribution in [0.2, 0.25) is 0 Å². The second-order valence-corrected chi connectivity index (χ2v) is 7.31. The Kier molecular flexibility index (Phi) is 8.47. The molecule has 0 saturated heterocycles. The Hall–Kier alpha value is -0.340. The van der Waals surface area contributed by atoms with Gasteiger partial charge in [-0.15, -0.1) is 11.3 Å². The Morgan fingerprint density at radius 1 is 1.60 bits per heavy atom. The molecule has 3 atom stereocenters. The van der Waals surface area contributed by atoms with Crippen LogP contribution in [0.25, 0.3) is 0 Å². The van der Waals surface area contributed by atoms with Crippen molar-refractivity contribution in [1.29, 1.82) is 0 Å². The molecule has 1 aromatic heterocycles. The summed E-state index contributed by atoms with van der Waals surface area (Å²) >= 11 is 1.63. The Bertz CT molecular complexity index is 412. The zero-order valence-electron chi connectivity index (χ0n) is 12.3. The molecule has 0 radical (unpaired) electrons. The standard InChI is InChI=1S/C13H24N2O3S2/c1-10(8-20(3)17)14-6-12(16)7-18-5-4-13-11(2)15-9-19-13/h9-10,12,14,16H,4-8H2,1-3H3. The van der Waals surface area contributed by atoms with Gasteiger partial charge in [0.05, 0.1) is 30.5 Å². The van der Waals surface area contributed by atoms with Gasteiger partial charge in [-0.25, -0.2) is 4.98 Å². The number of hydrogen-bond donors (Lipinski definition) is 2. The molecule has 0 aliphatic rings. The third kappa shape index (κ3) is 7.44. The van der Waals surface area contributed by atoms with Crippen molar-refractivity contribution < 1.29 is 14.1 Å². The first kappa shape index (κ1) is 17.7. The quantitative estimate of drug-likeness (QED) is 0.622. The highest BCUT2D eigenvalue weighted by Gasteiger charge is 2.09. The maximum atomic E-state index is 11.0. The van der Waals surface area contributed by atoms with E-state index in [0.29, 0.717) is 25.5 Å². The van der Waals surface area contributed by atoms with E-state index in [9.17, 15) is 9.32 Å². The largest absolute Gasteiger partial charge is 0.389 e. The van der Waals surface area contributed by atoms with Gasteiger partial charge in [-0.05, 0) is 13.8 Å². The summed E-state index contributed by atoms with van der Waals surface area (Å²) in [7, 11) is -0.817. The van der Waals surface area contributed by atoms with Gasteiger partial charge in [0.1, 0.15) is 0 Å². The Morgan fingerprint density at radius 2 is 2.35 bits per heavy atom. The van der Waals surface area contributed by atoms with Gasteiger partial charge in [-0.1, -0.05) is 0 Å². The van der Waals surface area contributed by atoms with Crippen LogP contribution < -0.4 is 5.32 Å². The highest BCUT2D eigenvalue weighted by atomic mass is 32.2. The maximum Gasteiger partial charge on any atom is 0.0897 e. The van der Waals surface area contributed by atoms with Crippen LogP contribution in [0.1, 0.15) is 17.5 Å². The predicted molar refractivity (Wildman–Crippen MR) is 83.8 cm³/mol. The second kappa shape index (κ2) is 9.57. The van der Waals surface area contributed by atoms with Crippen LogP contribution in [-0.4, -0.2) is 58.2 Å². The van der Waals surface area contributed by atoms with Crippen LogP contribution in [0, 0.1) is 6.92 Å². The van der Waals surface area contributed by atoms with Crippen molar-refractivity contribution >= 4 is 22.1 Å². The minimum absolute atomic E-state index is 0.135. The lowest BCUT2D eigenvalue weighted by atomic mass is 10.3. The van der Waals surface area contributed by atoms with E-state index >= 15 is 0 Å². The summed E-state index contributed by atoms with van der Waals surface area (Å²) in [6.45, 7) is 5.31. The van der Waals surface area contributed by atoms with Crippen LogP contribution in [0.3, 0.4) is 0 Å². The van der Waals surface area contributed by atoms with Gasteiger partial charge in [-0.2, -0.15) is 0 Å². The number of hydrogen-bond acceptors (Lipinski definition) is 6. The molecular weight excluding hydrogens is 296 g/mol. The van der Waals surface area contributed by atoms with Crippen molar-refractivity contribution in [2.24, 2.45) is 0 Å². The fourth-order valence-electron chi connectivity index (χ4n) is 1.76. The molecule has 0 amide bonds. The van der Waals surface area contributed by atoms with Gasteiger partial charge in [0.25, 0.3) is 0 Å². The molecule has 0 aliphatic carbocycles. The number of nitrogens with zero attached hydrogens (tertiary/aromatic N) is 1. The molecule has 0 bridgehead atoms. The molecule has 20 heavy (non-hydrogen) atoms. The molecule has 2 N–H and O–H groups in total. The lowest BCUT2D eigenvalue weighted by molar-refractivity contribution is 0.0377. The number of aryl methyl sites for hydroxylation is 1. The van der Waals surface area contributed by atoms with Crippen LogP contribution in [0.5, 0.6) is 0 Å². The average molecular weight is 320 g/mol. The first-order chi connectivity index (χ1) is 9.49. The van der Waals surface area contributed by atoms with Gasteiger partial charge >= 0.3 is 0 Å². The molecule has 1 aromatic rings. The minimum Gasteiger partial charge on any atom is -0.389 e. The van der Waals surface area contributed by atoms with Crippen molar-refractivity contribution in [3.05, 3.63) is 16.1 Å². The lowest BCUT2D eigenvalue weighted by Crippen LogP contribution is -2.38. The van der Waals surface area contributed by atoms with Gasteiger partial charge in [0, 0.05) is 46.7 Å². The first-order valence-electron chi connectivity index (χ1n) is 6.67. The minimum atomic E-state index is -0.817. The van der Waals surface area contributed by atoms with Crippen molar-refractivity contribution in [2.75, 3.05) is 31.8 Å². The van der Waals surface area contributed by atoms with Crippen LogP contribution >= 0.6 is 11.3 Å². The number of aliphatic hydroxyl groups is 1. The molecule has 1 rings (SSSR count). The lowest BCUT2D eigenvalue weighted by Gasteiger charge is -2.16. The van der Waals surface area contributed by atoms with Crippen molar-refractivity contribution in [3.8, 4) is 0 Å². The highest BCUT2D eigenvalue weighted by Crippen LogP contribution is 2.12. The Morgan fingerprint density at radius 3 is 2.95 bits per heavy atom. The number of nitrogens with one attached hydrogen (secondary N) is 1. The topological polar surface area (TPSA) is 71.5 Å². The number of aliphatic hydroxyl groups excluding tert-OH is 1. The van der Waals surface area contributed by atoms with Crippen LogP contribution in [-0.2, 0) is 22.0 Å². The molecule has 0 aromatic carbocycles. The predicted octanol–water partition coefficient (Wildman–Crippen LogP) is 0.728. The molecule has 116 valence electrons. The molecule has 0 fully saturated rings. The van der Waals surface area contributed by atoms with E-state index in [0.717, 1.165) is 12.1 Å². The average Bonchev–Trinajstić information content (AvgIpc) is 2.77. The third-order valence-corrected chi connectivity index (χ3v) is 4.78. The zero-order valence-corrected chi connectivity index (χ0v) is 13.9. The molecule has 0 spiro atoms. The van der Waals surface area contributed by atoms with Gasteiger partial charge < -0.3 is 15.2 Å². The van der Waals surface area contributed by atoms with Crippen molar-refractivity contribution in [1.82, 2.24) is 10.3 Å². The monoisotopic (exact) mass is 320 g/mol. The normalized spacial score (nSPS) is 16.0. The number of ether oxygens (including phenoxy) is 1. The molecule has 3 unspecified atom stereocenters. The van der Waals surface area contributed by atoms with Crippen molar-refractivity contribution in [2.45, 2.75) is 32.4 Å². The van der Waals surface area contributed by atoms with Crippen molar-refractivity contribution in [3.63, 3.8) is 0 Å². The third-order valence-electron chi connectivity index (χ3n) is 2.82. The number of aromatic nitrogens is 1. The molecule has 1 heterocycles. The molecule has 0 saturated carbocycles. The fraction of sp³-hybridized carbons (Fsp3) is 0.769. The summed E-state index contributed by atoms with van der Waals surface area (Å²) < 4.78 is 16.5. The highest BCUT2D eigenvalue weighted by molar-refractivity contribution is 7.84. The van der Waals surface area contributed by atoms with Gasteiger partial charge in [-0.3, -0.25) is 4.21 Å². The summed E-state index contributed by atoms with van der Waals surface area (Å²) in [6.07, 6.45) is 1.98. The number of thiazole rings is 1. The van der Waals surface area contributed by atoms with E-state index in [1.54, 1.807) is 17.6 Å². The smallest absolute Gasteiger partial charge is 0.0897 e. The van der Waals surface area contributed by atoms with E-state index < -0.39 is 16.9 Å². The summed E-state index contributed by atoms with van der Waals surface area (Å²) in [5.41, 5.74) is 2.89. The van der Waals surface area contributed by atoms with Crippen LogP contribution in [0.15, 0.2) is 5.51 Å². The van der Waals surface area contributed by atoms with Gasteiger partial charge in [0.2, 0.25) is 0 Å². The SMILES string of the molecule is Cc1ncsc1CCOCC(O)CNC(C)CS(C)=O. The summed E-state index contributed by atoms with van der Waals surface area (Å²) in [5.74, 6) is 0.595. The second-order valence-electron chi connectivity index (χ2n) is 4.89. The van der Waals surface area contributed by atoms with E-state index in [2.05, 4.69) is 10.3 Å². The fourth-order valence-corrected chi connectivity index (χ4v) is 3.34. The zero-order chi connectivity index (χ0) is 15.0. The molecule has 5 nitrogen and oxygen atoms in total. The Balaban J connectivity index is 2.07. The molecular formula is C13H24N2O3S2. The van der Waals surface area contributed by atoms with E-state index in [1.165, 1.54) is 4.88 Å². The van der Waals surface area contributed by atoms with E-state index in [4.69, 9.17) is 4.74 Å². The summed E-state index contributed by atoms with van der Waals surface area (Å²) in [5, 5.41) is 12.9. The van der Waals surface area contributed by atoms with Gasteiger partial charge in [0.15, 0.2) is 0 Å². The first-order valence-corrected chi connectivity index (χ1v) is 9.28. The number of rotatable bonds is 10. The van der Waals surface area contributed by atoms with E-state index in [-0.39, 0.29) is 6.04 Å². The van der Waals surface area contributed by atoms with Crippen LogP contribution in [0.4, 0.5) is 0 Å². The molecule has 0 aliphatic heterocycles. The maximum absolute atomic E-state index is 11.0. The summed E-state index contributed by atoms with van der Waals surface area (Å²) in [6, 6.07) is 0.135. The summed E-state index contributed by atoms with van der Waals surface area (Å²) in [4.78, 5) is 5.41. The Labute approximate surface area is 127 Å².